The zero-order valence-corrected chi connectivity index (χ0v) is 18.7. The number of benzene rings is 1. The Labute approximate surface area is 174 Å². The molecule has 2 aromatic rings. The van der Waals surface area contributed by atoms with Gasteiger partial charge in [0.1, 0.15) is 0 Å². The Morgan fingerprint density at radius 3 is 2.24 bits per heavy atom. The molecule has 0 unspecified atom stereocenters. The van der Waals surface area contributed by atoms with Gasteiger partial charge in [-0.05, 0) is 64.5 Å². The second-order valence-electron chi connectivity index (χ2n) is 9.03. The predicted molar refractivity (Wildman–Crippen MR) is 116 cm³/mol. The summed E-state index contributed by atoms with van der Waals surface area (Å²) >= 11 is 0. The number of aromatic nitrogens is 2. The number of likely N-dealkylation sites (N-methyl/N-ethyl adjacent to an activating group) is 1. The molecule has 0 saturated heterocycles. The molecule has 0 N–H and O–H groups in total. The van der Waals surface area contributed by atoms with Crippen LogP contribution in [-0.4, -0.2) is 52.7 Å². The maximum Gasteiger partial charge on any atom is 0.274 e. The molecule has 1 aromatic carbocycles. The molecule has 0 aliphatic carbocycles. The first kappa shape index (κ1) is 22.6. The zero-order valence-electron chi connectivity index (χ0n) is 18.7. The molecule has 1 heterocycles. The minimum atomic E-state index is -0.195. The Kier molecular flexibility index (Phi) is 7.21. The van der Waals surface area contributed by atoms with Gasteiger partial charge in [0.15, 0.2) is 5.69 Å². The van der Waals surface area contributed by atoms with Crippen molar-refractivity contribution >= 4 is 5.91 Å². The first-order chi connectivity index (χ1) is 13.5. The molecule has 29 heavy (non-hydrogen) atoms. The van der Waals surface area contributed by atoms with Crippen molar-refractivity contribution in [1.29, 1.82) is 5.26 Å². The van der Waals surface area contributed by atoms with Crippen molar-refractivity contribution in [2.75, 3.05) is 27.2 Å². The summed E-state index contributed by atoms with van der Waals surface area (Å²) in [6.45, 7) is 12.4. The molecule has 2 rings (SSSR count). The standard InChI is InChI=1S/C23H33N5O/c1-17(2)21-14-20(25-28(21)23(3,4)5)22(29)27(13-12-26(6)7)16-19-10-8-18(15-24)9-11-19/h8-11,14,17H,12-13,16H2,1-7H3. The molecule has 0 saturated carbocycles. The Balaban J connectivity index is 2.34. The fraction of sp³-hybridized carbons (Fsp3) is 0.522. The van der Waals surface area contributed by atoms with Gasteiger partial charge in [-0.25, -0.2) is 0 Å². The van der Waals surface area contributed by atoms with Crippen molar-refractivity contribution in [3.05, 3.63) is 52.8 Å². The number of nitriles is 1. The van der Waals surface area contributed by atoms with E-state index in [1.165, 1.54) is 0 Å². The molecule has 0 aliphatic heterocycles. The number of nitrogens with zero attached hydrogens (tertiary/aromatic N) is 5. The first-order valence-corrected chi connectivity index (χ1v) is 10.1. The van der Waals surface area contributed by atoms with Crippen LogP contribution >= 0.6 is 0 Å². The van der Waals surface area contributed by atoms with E-state index >= 15 is 0 Å². The van der Waals surface area contributed by atoms with Gasteiger partial charge in [0.25, 0.3) is 5.91 Å². The zero-order chi connectivity index (χ0) is 21.8. The van der Waals surface area contributed by atoms with Crippen LogP contribution in [-0.2, 0) is 12.1 Å². The number of hydrogen-bond acceptors (Lipinski definition) is 4. The SMILES string of the molecule is CC(C)c1cc(C(=O)N(CCN(C)C)Cc2ccc(C#N)cc2)nn1C(C)(C)C. The highest BCUT2D eigenvalue weighted by Crippen LogP contribution is 2.24. The summed E-state index contributed by atoms with van der Waals surface area (Å²) in [7, 11) is 3.99. The van der Waals surface area contributed by atoms with E-state index in [9.17, 15) is 4.79 Å². The van der Waals surface area contributed by atoms with E-state index in [1.807, 2.05) is 41.9 Å². The lowest BCUT2D eigenvalue weighted by Gasteiger charge is -2.25. The Hall–Kier alpha value is -2.65. The molecular weight excluding hydrogens is 362 g/mol. The maximum atomic E-state index is 13.4. The monoisotopic (exact) mass is 395 g/mol. The lowest BCUT2D eigenvalue weighted by atomic mass is 10.1. The molecular formula is C23H33N5O. The van der Waals surface area contributed by atoms with E-state index in [1.54, 1.807) is 12.1 Å². The highest BCUT2D eigenvalue weighted by atomic mass is 16.2. The van der Waals surface area contributed by atoms with E-state index in [4.69, 9.17) is 5.26 Å². The van der Waals surface area contributed by atoms with Crippen LogP contribution in [0.1, 0.15) is 67.8 Å². The number of carbonyl (C=O) groups excluding carboxylic acids is 1. The summed E-state index contributed by atoms with van der Waals surface area (Å²) in [6.07, 6.45) is 0. The van der Waals surface area contributed by atoms with Crippen LogP contribution in [0.5, 0.6) is 0 Å². The van der Waals surface area contributed by atoms with Crippen molar-refractivity contribution in [1.82, 2.24) is 19.6 Å². The summed E-state index contributed by atoms with van der Waals surface area (Å²) in [5, 5.41) is 13.7. The molecule has 0 bridgehead atoms. The van der Waals surface area contributed by atoms with Crippen molar-refractivity contribution < 1.29 is 4.79 Å². The van der Waals surface area contributed by atoms with Gasteiger partial charge in [0.05, 0.1) is 17.2 Å². The van der Waals surface area contributed by atoms with E-state index in [0.717, 1.165) is 17.8 Å². The molecule has 1 amide bonds. The predicted octanol–water partition coefficient (Wildman–Crippen LogP) is 3.84. The quantitative estimate of drug-likeness (QED) is 0.714. The van der Waals surface area contributed by atoms with Crippen molar-refractivity contribution in [3.8, 4) is 6.07 Å². The summed E-state index contributed by atoms with van der Waals surface area (Å²) in [6, 6.07) is 11.4. The Morgan fingerprint density at radius 2 is 1.79 bits per heavy atom. The van der Waals surface area contributed by atoms with Gasteiger partial charge in [-0.15, -0.1) is 0 Å². The minimum absolute atomic E-state index is 0.0684. The van der Waals surface area contributed by atoms with E-state index in [-0.39, 0.29) is 17.4 Å². The normalized spacial score (nSPS) is 11.7. The fourth-order valence-corrected chi connectivity index (χ4v) is 3.09. The topological polar surface area (TPSA) is 65.2 Å². The summed E-state index contributed by atoms with van der Waals surface area (Å²) in [5.41, 5.74) is 2.96. The largest absolute Gasteiger partial charge is 0.332 e. The molecule has 0 fully saturated rings. The van der Waals surface area contributed by atoms with Crippen LogP contribution in [0.2, 0.25) is 0 Å². The number of carbonyl (C=O) groups is 1. The summed E-state index contributed by atoms with van der Waals surface area (Å²) in [4.78, 5) is 17.3. The van der Waals surface area contributed by atoms with Crippen LogP contribution in [0.4, 0.5) is 0 Å². The molecule has 6 heteroatoms. The average molecular weight is 396 g/mol. The number of amides is 1. The second-order valence-corrected chi connectivity index (χ2v) is 9.03. The fourth-order valence-electron chi connectivity index (χ4n) is 3.09. The molecule has 0 aliphatic rings. The van der Waals surface area contributed by atoms with Crippen LogP contribution in [0.25, 0.3) is 0 Å². The average Bonchev–Trinajstić information content (AvgIpc) is 3.11. The Bertz CT molecular complexity index is 866. The van der Waals surface area contributed by atoms with Gasteiger partial charge in [-0.2, -0.15) is 10.4 Å². The molecule has 6 nitrogen and oxygen atoms in total. The van der Waals surface area contributed by atoms with Gasteiger partial charge in [-0.3, -0.25) is 9.48 Å². The molecule has 0 atom stereocenters. The smallest absolute Gasteiger partial charge is 0.274 e. The highest BCUT2D eigenvalue weighted by Gasteiger charge is 2.26. The summed E-state index contributed by atoms with van der Waals surface area (Å²) < 4.78 is 1.97. The second kappa shape index (κ2) is 9.23. The third-order valence-corrected chi connectivity index (χ3v) is 4.74. The maximum absolute atomic E-state index is 13.4. The van der Waals surface area contributed by atoms with Crippen LogP contribution < -0.4 is 0 Å². The number of rotatable bonds is 7. The first-order valence-electron chi connectivity index (χ1n) is 10.1. The van der Waals surface area contributed by atoms with Gasteiger partial charge in [0, 0.05) is 25.3 Å². The van der Waals surface area contributed by atoms with E-state index < -0.39 is 0 Å². The van der Waals surface area contributed by atoms with Gasteiger partial charge < -0.3 is 9.80 Å². The lowest BCUT2D eigenvalue weighted by Crippen LogP contribution is -2.36. The van der Waals surface area contributed by atoms with Gasteiger partial charge in [-0.1, -0.05) is 26.0 Å². The Morgan fingerprint density at radius 1 is 1.17 bits per heavy atom. The van der Waals surface area contributed by atoms with Gasteiger partial charge in [0.2, 0.25) is 0 Å². The van der Waals surface area contributed by atoms with E-state index in [0.29, 0.717) is 24.3 Å². The third kappa shape index (κ3) is 5.91. The van der Waals surface area contributed by atoms with Crippen molar-refractivity contribution in [2.45, 2.75) is 52.6 Å². The van der Waals surface area contributed by atoms with Crippen molar-refractivity contribution in [2.24, 2.45) is 0 Å². The molecule has 1 aromatic heterocycles. The molecule has 0 spiro atoms. The van der Waals surface area contributed by atoms with Crippen LogP contribution in [0.15, 0.2) is 30.3 Å². The van der Waals surface area contributed by atoms with Crippen LogP contribution in [0.3, 0.4) is 0 Å². The molecule has 0 radical (unpaired) electrons. The minimum Gasteiger partial charge on any atom is -0.332 e. The van der Waals surface area contributed by atoms with Gasteiger partial charge >= 0.3 is 0 Å². The third-order valence-electron chi connectivity index (χ3n) is 4.74. The van der Waals surface area contributed by atoms with E-state index in [2.05, 4.69) is 50.7 Å². The number of hydrogen-bond donors (Lipinski definition) is 0. The van der Waals surface area contributed by atoms with Crippen molar-refractivity contribution in [3.63, 3.8) is 0 Å². The highest BCUT2D eigenvalue weighted by molar-refractivity contribution is 5.92. The summed E-state index contributed by atoms with van der Waals surface area (Å²) in [5.74, 6) is 0.207. The lowest BCUT2D eigenvalue weighted by molar-refractivity contribution is 0.0724. The molecule has 156 valence electrons. The van der Waals surface area contributed by atoms with Crippen LogP contribution in [0, 0.1) is 11.3 Å².